The molecule has 0 spiro atoms. The van der Waals surface area contributed by atoms with Crippen molar-refractivity contribution in [2.75, 3.05) is 26.2 Å². The van der Waals surface area contributed by atoms with Crippen LogP contribution >= 0.6 is 35.3 Å². The first-order valence-corrected chi connectivity index (χ1v) is 8.77. The van der Waals surface area contributed by atoms with Crippen LogP contribution in [0.3, 0.4) is 0 Å². The molecule has 0 aliphatic carbocycles. The summed E-state index contributed by atoms with van der Waals surface area (Å²) in [4.78, 5) is 23.5. The van der Waals surface area contributed by atoms with Crippen LogP contribution in [0.15, 0.2) is 10.5 Å². The molecule has 1 aliphatic heterocycles. The molecule has 0 bridgehead atoms. The highest BCUT2D eigenvalue weighted by atomic mass is 127. The van der Waals surface area contributed by atoms with E-state index < -0.39 is 0 Å². The molecule has 1 amide bonds. The molecule has 8 heteroatoms. The third kappa shape index (κ3) is 6.62. The number of aryl methyl sites for hydroxylation is 1. The molecule has 23 heavy (non-hydrogen) atoms. The van der Waals surface area contributed by atoms with E-state index in [0.29, 0.717) is 18.9 Å². The number of guanidine groups is 1. The van der Waals surface area contributed by atoms with Gasteiger partial charge in [0.25, 0.3) is 0 Å². The van der Waals surface area contributed by atoms with E-state index in [0.717, 1.165) is 50.7 Å². The molecule has 6 nitrogen and oxygen atoms in total. The molecule has 2 rings (SSSR count). The average molecular weight is 451 g/mol. The smallest absolute Gasteiger partial charge is 0.222 e. The number of rotatable bonds is 7. The first-order valence-electron chi connectivity index (χ1n) is 7.89. The van der Waals surface area contributed by atoms with E-state index in [4.69, 9.17) is 0 Å². The molecule has 130 valence electrons. The van der Waals surface area contributed by atoms with Crippen molar-refractivity contribution in [3.8, 4) is 0 Å². The van der Waals surface area contributed by atoms with Gasteiger partial charge in [0, 0.05) is 37.5 Å². The summed E-state index contributed by atoms with van der Waals surface area (Å²) in [5.74, 6) is 1.12. The molecule has 0 aromatic carbocycles. The van der Waals surface area contributed by atoms with Crippen molar-refractivity contribution < 1.29 is 4.79 Å². The van der Waals surface area contributed by atoms with Gasteiger partial charge in [0.1, 0.15) is 0 Å². The summed E-state index contributed by atoms with van der Waals surface area (Å²) in [6.07, 6.45) is 2.66. The van der Waals surface area contributed by atoms with E-state index in [1.165, 1.54) is 4.88 Å². The predicted octanol–water partition coefficient (Wildman–Crippen LogP) is 2.14. The van der Waals surface area contributed by atoms with Gasteiger partial charge in [-0.25, -0.2) is 9.98 Å². The van der Waals surface area contributed by atoms with Crippen LogP contribution in [0, 0.1) is 6.92 Å². The molecule has 2 heterocycles. The Morgan fingerprint density at radius 1 is 1.48 bits per heavy atom. The van der Waals surface area contributed by atoms with Gasteiger partial charge in [-0.3, -0.25) is 4.79 Å². The van der Waals surface area contributed by atoms with Gasteiger partial charge in [-0.05, 0) is 26.7 Å². The second-order valence-corrected chi connectivity index (χ2v) is 6.26. The number of carbonyl (C=O) groups is 1. The van der Waals surface area contributed by atoms with E-state index in [9.17, 15) is 4.79 Å². The minimum Gasteiger partial charge on any atom is -0.357 e. The number of nitrogens with zero attached hydrogens (tertiary/aromatic N) is 3. The summed E-state index contributed by atoms with van der Waals surface area (Å²) in [5, 5.41) is 6.57. The number of hydrogen-bond donors (Lipinski definition) is 2. The van der Waals surface area contributed by atoms with E-state index >= 15 is 0 Å². The molecule has 1 fully saturated rings. The van der Waals surface area contributed by atoms with Crippen LogP contribution in [0.25, 0.3) is 0 Å². The lowest BCUT2D eigenvalue weighted by atomic mass is 10.4. The fraction of sp³-hybridized carbons (Fsp3) is 0.667. The number of amides is 1. The van der Waals surface area contributed by atoms with Crippen molar-refractivity contribution in [2.24, 2.45) is 4.99 Å². The lowest BCUT2D eigenvalue weighted by molar-refractivity contribution is -0.127. The summed E-state index contributed by atoms with van der Waals surface area (Å²) in [7, 11) is 0. The lowest BCUT2D eigenvalue weighted by Gasteiger charge is -2.16. The number of halogens is 1. The van der Waals surface area contributed by atoms with Crippen LogP contribution in [0.4, 0.5) is 0 Å². The Morgan fingerprint density at radius 2 is 2.30 bits per heavy atom. The fourth-order valence-corrected chi connectivity index (χ4v) is 3.09. The van der Waals surface area contributed by atoms with Crippen molar-refractivity contribution >= 4 is 47.2 Å². The molecule has 0 radical (unpaired) electrons. The van der Waals surface area contributed by atoms with Crippen LogP contribution < -0.4 is 10.6 Å². The molecule has 2 N–H and O–H groups in total. The highest BCUT2D eigenvalue weighted by molar-refractivity contribution is 14.0. The zero-order chi connectivity index (χ0) is 15.8. The van der Waals surface area contributed by atoms with E-state index in [2.05, 4.69) is 27.5 Å². The number of thiazole rings is 1. The van der Waals surface area contributed by atoms with Crippen molar-refractivity contribution in [1.82, 2.24) is 20.5 Å². The molecular formula is C15H26IN5OS. The Labute approximate surface area is 159 Å². The second kappa shape index (κ2) is 10.8. The van der Waals surface area contributed by atoms with Gasteiger partial charge in [0.2, 0.25) is 5.91 Å². The molecule has 1 saturated heterocycles. The zero-order valence-electron chi connectivity index (χ0n) is 13.8. The maximum Gasteiger partial charge on any atom is 0.222 e. The zero-order valence-corrected chi connectivity index (χ0v) is 16.9. The maximum atomic E-state index is 11.5. The molecule has 0 saturated carbocycles. The first-order chi connectivity index (χ1) is 10.7. The van der Waals surface area contributed by atoms with Crippen LogP contribution in [0.5, 0.6) is 0 Å². The van der Waals surface area contributed by atoms with Gasteiger partial charge in [-0.1, -0.05) is 0 Å². The topological polar surface area (TPSA) is 69.6 Å². The molecule has 1 aromatic rings. The lowest BCUT2D eigenvalue weighted by Crippen LogP contribution is -2.39. The molecule has 0 unspecified atom stereocenters. The number of nitrogens with one attached hydrogen (secondary N) is 2. The number of likely N-dealkylation sites (tertiary alicyclic amines) is 1. The quantitative estimate of drug-likeness (QED) is 0.289. The third-order valence-corrected chi connectivity index (χ3v) is 4.56. The summed E-state index contributed by atoms with van der Waals surface area (Å²) in [6.45, 7) is 8.11. The van der Waals surface area contributed by atoms with Crippen LogP contribution in [-0.2, 0) is 11.3 Å². The van der Waals surface area contributed by atoms with Crippen molar-refractivity contribution in [3.05, 3.63) is 16.1 Å². The van der Waals surface area contributed by atoms with Crippen LogP contribution in [0.2, 0.25) is 0 Å². The average Bonchev–Trinajstić information content (AvgIpc) is 3.09. The Bertz CT molecular complexity index is 520. The summed E-state index contributed by atoms with van der Waals surface area (Å²) in [6, 6.07) is 0. The molecule has 1 aromatic heterocycles. The Balaban J connectivity index is 0.00000264. The van der Waals surface area contributed by atoms with E-state index in [1.807, 2.05) is 17.3 Å². The van der Waals surface area contributed by atoms with Crippen molar-refractivity contribution in [1.29, 1.82) is 0 Å². The Morgan fingerprint density at radius 3 is 2.91 bits per heavy atom. The monoisotopic (exact) mass is 451 g/mol. The third-order valence-electron chi connectivity index (χ3n) is 3.64. The minimum atomic E-state index is 0. The number of aliphatic imine (C=N–C) groups is 1. The summed E-state index contributed by atoms with van der Waals surface area (Å²) >= 11 is 1.64. The number of hydrogen-bond acceptors (Lipinski definition) is 4. The molecule has 1 aliphatic rings. The maximum absolute atomic E-state index is 11.5. The van der Waals surface area contributed by atoms with Gasteiger partial charge in [0.05, 0.1) is 17.7 Å². The van der Waals surface area contributed by atoms with E-state index in [-0.39, 0.29) is 24.0 Å². The summed E-state index contributed by atoms with van der Waals surface area (Å²) < 4.78 is 0. The van der Waals surface area contributed by atoms with Gasteiger partial charge in [-0.2, -0.15) is 0 Å². The highest BCUT2D eigenvalue weighted by Gasteiger charge is 2.18. The Hall–Kier alpha value is -0.900. The SMILES string of the molecule is CCNC(=NCc1scnc1C)NCCCN1CCCC1=O.I. The van der Waals surface area contributed by atoms with Crippen molar-refractivity contribution in [2.45, 2.75) is 39.7 Å². The van der Waals surface area contributed by atoms with Crippen LogP contribution in [0.1, 0.15) is 36.8 Å². The normalized spacial score (nSPS) is 14.8. The minimum absolute atomic E-state index is 0. The Kier molecular flexibility index (Phi) is 9.46. The van der Waals surface area contributed by atoms with Crippen molar-refractivity contribution in [3.63, 3.8) is 0 Å². The van der Waals surface area contributed by atoms with Gasteiger partial charge in [-0.15, -0.1) is 35.3 Å². The first kappa shape index (κ1) is 20.1. The van der Waals surface area contributed by atoms with Gasteiger partial charge < -0.3 is 15.5 Å². The molecule has 0 atom stereocenters. The largest absolute Gasteiger partial charge is 0.357 e. The second-order valence-electron chi connectivity index (χ2n) is 5.32. The van der Waals surface area contributed by atoms with Crippen LogP contribution in [-0.4, -0.2) is 47.9 Å². The summed E-state index contributed by atoms with van der Waals surface area (Å²) in [5.41, 5.74) is 2.91. The fourth-order valence-electron chi connectivity index (χ4n) is 2.39. The standard InChI is InChI=1S/C15H25N5OS.HI/c1-3-16-15(18-10-13-12(2)19-11-22-13)17-7-5-9-20-8-4-6-14(20)21;/h11H,3-10H2,1-2H3,(H2,16,17,18);1H. The number of aromatic nitrogens is 1. The molecular weight excluding hydrogens is 425 g/mol. The predicted molar refractivity (Wildman–Crippen MR) is 106 cm³/mol. The highest BCUT2D eigenvalue weighted by Crippen LogP contribution is 2.13. The van der Waals surface area contributed by atoms with Gasteiger partial charge in [0.15, 0.2) is 5.96 Å². The van der Waals surface area contributed by atoms with Gasteiger partial charge >= 0.3 is 0 Å². The van der Waals surface area contributed by atoms with E-state index in [1.54, 1.807) is 11.3 Å². The number of carbonyl (C=O) groups excluding carboxylic acids is 1.